The first kappa shape index (κ1) is 9.13. The zero-order chi connectivity index (χ0) is 9.97. The summed E-state index contributed by atoms with van der Waals surface area (Å²) in [5.74, 6) is 0. The van der Waals surface area contributed by atoms with E-state index in [-0.39, 0.29) is 0 Å². The molecule has 0 amide bonds. The first-order valence-electron chi connectivity index (χ1n) is 3.89. The summed E-state index contributed by atoms with van der Waals surface area (Å²) in [4.78, 5) is 14.0. The van der Waals surface area contributed by atoms with Crippen LogP contribution in [0.3, 0.4) is 0 Å². The highest BCUT2D eigenvalue weighted by molar-refractivity contribution is 7.23. The van der Waals surface area contributed by atoms with E-state index < -0.39 is 0 Å². The fourth-order valence-electron chi connectivity index (χ4n) is 1.08. The molecule has 0 bridgehead atoms. The molecule has 2 nitrogen and oxygen atoms in total. The Morgan fingerprint density at radius 3 is 2.43 bits per heavy atom. The number of thiophene rings is 2. The molecule has 2 heterocycles. The third-order valence-corrected chi connectivity index (χ3v) is 3.90. The molecular weight excluding hydrogens is 214 g/mol. The number of carbonyl (C=O) groups excluding carboxylic acids is 1. The normalized spacial score (nSPS) is 9.64. The predicted octanol–water partition coefficient (Wildman–Crippen LogP) is 3.16. The molecular formula is C10H5NOS2. The van der Waals surface area contributed by atoms with Crippen molar-refractivity contribution in [2.75, 3.05) is 0 Å². The topological polar surface area (TPSA) is 40.9 Å². The number of hydrogen-bond acceptors (Lipinski definition) is 4. The number of nitriles is 1. The van der Waals surface area contributed by atoms with Crippen LogP contribution in [0.4, 0.5) is 0 Å². The Morgan fingerprint density at radius 2 is 1.86 bits per heavy atom. The van der Waals surface area contributed by atoms with Gasteiger partial charge in [0.15, 0.2) is 6.29 Å². The van der Waals surface area contributed by atoms with Gasteiger partial charge in [0.05, 0.1) is 4.88 Å². The molecule has 0 aromatic carbocycles. The monoisotopic (exact) mass is 219 g/mol. The Balaban J connectivity index is 2.39. The molecule has 0 N–H and O–H groups in total. The van der Waals surface area contributed by atoms with Crippen molar-refractivity contribution in [1.82, 2.24) is 0 Å². The van der Waals surface area contributed by atoms with Crippen molar-refractivity contribution in [1.29, 1.82) is 5.26 Å². The van der Waals surface area contributed by atoms with Gasteiger partial charge in [-0.3, -0.25) is 4.79 Å². The second-order valence-electron chi connectivity index (χ2n) is 2.60. The zero-order valence-corrected chi connectivity index (χ0v) is 8.69. The lowest BCUT2D eigenvalue weighted by Crippen LogP contribution is -1.62. The summed E-state index contributed by atoms with van der Waals surface area (Å²) in [6.45, 7) is 0. The molecule has 0 aliphatic rings. The van der Waals surface area contributed by atoms with Crippen LogP contribution in [0, 0.1) is 11.3 Å². The molecule has 2 rings (SSSR count). The molecule has 0 aliphatic heterocycles. The quantitative estimate of drug-likeness (QED) is 0.728. The lowest BCUT2D eigenvalue weighted by Gasteiger charge is -1.86. The molecule has 0 saturated carbocycles. The first-order chi connectivity index (χ1) is 6.83. The molecule has 68 valence electrons. The molecule has 0 saturated heterocycles. The van der Waals surface area contributed by atoms with Crippen LogP contribution in [0.5, 0.6) is 0 Å². The number of rotatable bonds is 2. The van der Waals surface area contributed by atoms with Gasteiger partial charge in [0.25, 0.3) is 0 Å². The highest BCUT2D eigenvalue weighted by Gasteiger charge is 2.05. The average Bonchev–Trinajstić information content (AvgIpc) is 2.86. The van der Waals surface area contributed by atoms with Gasteiger partial charge in [-0.15, -0.1) is 22.7 Å². The average molecular weight is 219 g/mol. The van der Waals surface area contributed by atoms with Crippen LogP contribution in [0.2, 0.25) is 0 Å². The second-order valence-corrected chi connectivity index (χ2v) is 4.79. The lowest BCUT2D eigenvalue weighted by molar-refractivity contribution is 0.112. The van der Waals surface area contributed by atoms with E-state index >= 15 is 0 Å². The van der Waals surface area contributed by atoms with Crippen molar-refractivity contribution in [3.05, 3.63) is 34.0 Å². The molecule has 2 aromatic rings. The molecule has 0 fully saturated rings. The van der Waals surface area contributed by atoms with Crippen molar-refractivity contribution in [3.63, 3.8) is 0 Å². The van der Waals surface area contributed by atoms with E-state index in [1.165, 1.54) is 22.7 Å². The van der Waals surface area contributed by atoms with Gasteiger partial charge >= 0.3 is 0 Å². The molecule has 0 atom stereocenters. The fraction of sp³-hybridized carbons (Fsp3) is 0. The minimum atomic E-state index is 0.695. The van der Waals surface area contributed by atoms with Crippen molar-refractivity contribution in [2.24, 2.45) is 0 Å². The van der Waals surface area contributed by atoms with Crippen LogP contribution in [-0.4, -0.2) is 6.29 Å². The van der Waals surface area contributed by atoms with Gasteiger partial charge < -0.3 is 0 Å². The van der Waals surface area contributed by atoms with Crippen LogP contribution in [-0.2, 0) is 0 Å². The largest absolute Gasteiger partial charge is 0.297 e. The second kappa shape index (κ2) is 3.74. The molecule has 4 heteroatoms. The minimum Gasteiger partial charge on any atom is -0.297 e. The van der Waals surface area contributed by atoms with Gasteiger partial charge in [-0.25, -0.2) is 0 Å². The number of nitrogens with zero attached hydrogens (tertiary/aromatic N) is 1. The van der Waals surface area contributed by atoms with E-state index in [1.807, 2.05) is 12.1 Å². The minimum absolute atomic E-state index is 0.695. The Bertz CT molecular complexity index is 504. The van der Waals surface area contributed by atoms with E-state index in [2.05, 4.69) is 6.07 Å². The summed E-state index contributed by atoms with van der Waals surface area (Å²) in [7, 11) is 0. The van der Waals surface area contributed by atoms with E-state index in [1.54, 1.807) is 12.1 Å². The van der Waals surface area contributed by atoms with Crippen molar-refractivity contribution in [2.45, 2.75) is 0 Å². The SMILES string of the molecule is N#Cc1ccc(-c2ccc(C=O)s2)s1. The van der Waals surface area contributed by atoms with Crippen LogP contribution >= 0.6 is 22.7 Å². The lowest BCUT2D eigenvalue weighted by atomic mass is 10.3. The molecule has 2 aromatic heterocycles. The van der Waals surface area contributed by atoms with Gasteiger partial charge in [0.1, 0.15) is 10.9 Å². The highest BCUT2D eigenvalue weighted by atomic mass is 32.1. The third kappa shape index (κ3) is 1.60. The van der Waals surface area contributed by atoms with Gasteiger partial charge in [0.2, 0.25) is 0 Å². The number of hydrogen-bond donors (Lipinski definition) is 0. The summed E-state index contributed by atoms with van der Waals surface area (Å²) < 4.78 is 0. The molecule has 0 aliphatic carbocycles. The maximum atomic E-state index is 10.5. The number of carbonyl (C=O) groups is 1. The Morgan fingerprint density at radius 1 is 1.14 bits per heavy atom. The standard InChI is InChI=1S/C10H5NOS2/c11-5-7-1-3-9(13-7)10-4-2-8(6-12)14-10/h1-4,6H. The first-order valence-corrected chi connectivity index (χ1v) is 5.52. The van der Waals surface area contributed by atoms with Gasteiger partial charge in [0, 0.05) is 9.75 Å². The Kier molecular flexibility index (Phi) is 2.44. The smallest absolute Gasteiger partial charge is 0.160 e. The predicted molar refractivity (Wildman–Crippen MR) is 57.7 cm³/mol. The third-order valence-electron chi connectivity index (χ3n) is 1.70. The van der Waals surface area contributed by atoms with Crippen LogP contribution in [0.1, 0.15) is 14.5 Å². The molecule has 0 radical (unpaired) electrons. The summed E-state index contributed by atoms with van der Waals surface area (Å²) in [5.41, 5.74) is 0. The van der Waals surface area contributed by atoms with Crippen LogP contribution < -0.4 is 0 Å². The summed E-state index contributed by atoms with van der Waals surface area (Å²) in [5, 5.41) is 8.66. The molecule has 14 heavy (non-hydrogen) atoms. The van der Waals surface area contributed by atoms with Gasteiger partial charge in [-0.1, -0.05) is 0 Å². The highest BCUT2D eigenvalue weighted by Crippen LogP contribution is 2.32. The maximum Gasteiger partial charge on any atom is 0.160 e. The summed E-state index contributed by atoms with van der Waals surface area (Å²) in [6.07, 6.45) is 0.840. The van der Waals surface area contributed by atoms with E-state index in [0.717, 1.165) is 16.0 Å². The zero-order valence-electron chi connectivity index (χ0n) is 7.06. The van der Waals surface area contributed by atoms with E-state index in [9.17, 15) is 4.79 Å². The number of aldehydes is 1. The van der Waals surface area contributed by atoms with Crippen molar-refractivity contribution < 1.29 is 4.79 Å². The summed E-state index contributed by atoms with van der Waals surface area (Å²) >= 11 is 2.89. The Labute approximate surface area is 89.1 Å². The van der Waals surface area contributed by atoms with Gasteiger partial charge in [-0.2, -0.15) is 5.26 Å². The van der Waals surface area contributed by atoms with E-state index in [0.29, 0.717) is 9.75 Å². The van der Waals surface area contributed by atoms with Crippen LogP contribution in [0.25, 0.3) is 9.75 Å². The van der Waals surface area contributed by atoms with E-state index in [4.69, 9.17) is 5.26 Å². The van der Waals surface area contributed by atoms with Crippen molar-refractivity contribution >= 4 is 29.0 Å². The fourth-order valence-corrected chi connectivity index (χ4v) is 2.80. The Hall–Kier alpha value is -1.44. The maximum absolute atomic E-state index is 10.5. The molecule has 0 spiro atoms. The van der Waals surface area contributed by atoms with Crippen LogP contribution in [0.15, 0.2) is 24.3 Å². The summed E-state index contributed by atoms with van der Waals surface area (Å²) in [6, 6.07) is 9.48. The van der Waals surface area contributed by atoms with Crippen molar-refractivity contribution in [3.8, 4) is 15.8 Å². The van der Waals surface area contributed by atoms with Gasteiger partial charge in [-0.05, 0) is 24.3 Å². The molecule has 0 unspecified atom stereocenters.